The lowest BCUT2D eigenvalue weighted by molar-refractivity contribution is 0.673. The molecule has 0 atom stereocenters. The predicted molar refractivity (Wildman–Crippen MR) is 218 cm³/mol. The summed E-state index contributed by atoms with van der Waals surface area (Å²) in [6.07, 6.45) is 0. The van der Waals surface area contributed by atoms with Gasteiger partial charge in [0.05, 0.1) is 20.6 Å². The molecular weight excluding hydrogens is 617 g/mol. The molecule has 51 heavy (non-hydrogen) atoms. The highest BCUT2D eigenvalue weighted by molar-refractivity contribution is 6.24. The second-order valence-corrected chi connectivity index (χ2v) is 12.4. The van der Waals surface area contributed by atoms with E-state index in [0.717, 1.165) is 43.6 Å². The standard InChI is InChI=1S/C50H30O/c1-3-16-35-31(12-1)14-9-23-39(35)48-43-20-7-5-18-41(43)47(42-19-6-8-21-44(42)48)34-27-28-36-33(30-34)15-10-22-38(36)40-24-11-25-46-49(40)45-29-26-32-13-2-4-17-37(32)50(45)51-46/h1-30H/i1D,3D,5D,6D,7D,8D,9D,12D,14D,16D,18D,19D,20D,21D,23D. The SMILES string of the molecule is [2H]c1c([2H])c([2H])c2c(-c3c4c([2H])c([2H])c([2H])c([2H])c4c(-c4ccc5c(-c6cccc7oc8c9ccccc9ccc8c67)cccc5c4)c4c([2H])c([2H])c([2H])c([2H])c34)c([2H])c([2H])c([2H])c2c1[2H]. The normalized spacial score (nSPS) is 16.0. The van der Waals surface area contributed by atoms with Crippen molar-refractivity contribution in [1.82, 2.24) is 0 Å². The fourth-order valence-electron chi connectivity index (χ4n) is 7.62. The third kappa shape index (κ3) is 4.16. The molecule has 0 unspecified atom stereocenters. The Hall–Kier alpha value is -6.70. The Kier molecular flexibility index (Phi) is 3.70. The lowest BCUT2D eigenvalue weighted by Crippen LogP contribution is -1.92. The van der Waals surface area contributed by atoms with E-state index in [1.807, 2.05) is 72.8 Å². The second-order valence-electron chi connectivity index (χ2n) is 12.4. The summed E-state index contributed by atoms with van der Waals surface area (Å²) in [7, 11) is 0. The lowest BCUT2D eigenvalue weighted by atomic mass is 9.84. The van der Waals surface area contributed by atoms with Crippen molar-refractivity contribution >= 4 is 75.8 Å². The zero-order chi connectivity index (χ0) is 46.5. The van der Waals surface area contributed by atoms with Crippen molar-refractivity contribution in [2.45, 2.75) is 0 Å². The van der Waals surface area contributed by atoms with Gasteiger partial charge < -0.3 is 4.42 Å². The Morgan fingerprint density at radius 1 is 0.373 bits per heavy atom. The Balaban J connectivity index is 1.29. The first-order valence-electron chi connectivity index (χ1n) is 23.9. The zero-order valence-electron chi connectivity index (χ0n) is 41.6. The maximum atomic E-state index is 9.46. The van der Waals surface area contributed by atoms with E-state index in [1.165, 1.54) is 0 Å². The number of benzene rings is 10. The van der Waals surface area contributed by atoms with E-state index in [9.17, 15) is 6.85 Å². The molecule has 0 aliphatic carbocycles. The minimum absolute atomic E-state index is 0.0332. The highest BCUT2D eigenvalue weighted by atomic mass is 16.3. The van der Waals surface area contributed by atoms with Crippen LogP contribution in [0.2, 0.25) is 0 Å². The monoisotopic (exact) mass is 661 g/mol. The largest absolute Gasteiger partial charge is 0.455 e. The van der Waals surface area contributed by atoms with E-state index in [1.54, 1.807) is 12.1 Å². The topological polar surface area (TPSA) is 13.1 Å². The lowest BCUT2D eigenvalue weighted by Gasteiger charge is -2.19. The minimum Gasteiger partial charge on any atom is -0.455 e. The average molecular weight is 662 g/mol. The van der Waals surface area contributed by atoms with Crippen LogP contribution in [0.3, 0.4) is 0 Å². The van der Waals surface area contributed by atoms with Crippen LogP contribution in [0.15, 0.2) is 186 Å². The first kappa shape index (κ1) is 17.3. The molecule has 0 aliphatic rings. The molecule has 10 aromatic carbocycles. The number of furan rings is 1. The van der Waals surface area contributed by atoms with E-state index < -0.39 is 107 Å². The second kappa shape index (κ2) is 10.9. The van der Waals surface area contributed by atoms with Crippen LogP contribution >= 0.6 is 0 Å². The third-order valence-electron chi connectivity index (χ3n) is 9.78. The third-order valence-corrected chi connectivity index (χ3v) is 9.78. The molecule has 0 saturated carbocycles. The van der Waals surface area contributed by atoms with Crippen LogP contribution in [0.1, 0.15) is 20.6 Å². The van der Waals surface area contributed by atoms with Gasteiger partial charge in [-0.3, -0.25) is 0 Å². The van der Waals surface area contributed by atoms with Gasteiger partial charge in [0.25, 0.3) is 0 Å². The fourth-order valence-corrected chi connectivity index (χ4v) is 7.62. The van der Waals surface area contributed by atoms with Crippen molar-refractivity contribution in [3.05, 3.63) is 182 Å². The van der Waals surface area contributed by atoms with Gasteiger partial charge in [0, 0.05) is 16.2 Å². The molecule has 1 heteroatoms. The van der Waals surface area contributed by atoms with Crippen LogP contribution in [0.5, 0.6) is 0 Å². The predicted octanol–water partition coefficient (Wildman–Crippen LogP) is 14.4. The molecule has 1 heterocycles. The van der Waals surface area contributed by atoms with E-state index >= 15 is 0 Å². The summed E-state index contributed by atoms with van der Waals surface area (Å²) in [5.41, 5.74) is 2.78. The van der Waals surface area contributed by atoms with Crippen molar-refractivity contribution in [3.63, 3.8) is 0 Å². The molecule has 0 N–H and O–H groups in total. The Morgan fingerprint density at radius 3 is 1.84 bits per heavy atom. The summed E-state index contributed by atoms with van der Waals surface area (Å²) < 4.78 is 142. The molecule has 0 spiro atoms. The van der Waals surface area contributed by atoms with Crippen LogP contribution in [0.4, 0.5) is 0 Å². The van der Waals surface area contributed by atoms with E-state index in [-0.39, 0.29) is 32.7 Å². The molecule has 1 aromatic heterocycles. The van der Waals surface area contributed by atoms with Crippen LogP contribution in [-0.4, -0.2) is 0 Å². The number of hydrogen-bond acceptors (Lipinski definition) is 1. The van der Waals surface area contributed by atoms with Gasteiger partial charge in [-0.15, -0.1) is 0 Å². The average Bonchev–Trinajstić information content (AvgIpc) is 3.72. The first-order chi connectivity index (χ1) is 31.5. The van der Waals surface area contributed by atoms with Gasteiger partial charge >= 0.3 is 0 Å². The highest BCUT2D eigenvalue weighted by Gasteiger charge is 2.19. The molecule has 0 amide bonds. The van der Waals surface area contributed by atoms with E-state index in [2.05, 4.69) is 6.07 Å². The van der Waals surface area contributed by atoms with E-state index in [4.69, 9.17) is 18.1 Å². The summed E-state index contributed by atoms with van der Waals surface area (Å²) >= 11 is 0. The summed E-state index contributed by atoms with van der Waals surface area (Å²) in [4.78, 5) is 0. The molecule has 0 fully saturated rings. The highest BCUT2D eigenvalue weighted by Crippen LogP contribution is 2.47. The fraction of sp³-hybridized carbons (Fsp3) is 0. The van der Waals surface area contributed by atoms with Crippen molar-refractivity contribution < 1.29 is 25.0 Å². The summed E-state index contributed by atoms with van der Waals surface area (Å²) in [6, 6.07) is 18.9. The molecular formula is C50H30O. The van der Waals surface area contributed by atoms with Crippen LogP contribution in [0.25, 0.3) is 109 Å². The molecule has 11 rings (SSSR count). The molecule has 1 nitrogen and oxygen atoms in total. The number of hydrogen-bond donors (Lipinski definition) is 0. The quantitative estimate of drug-likeness (QED) is 0.172. The van der Waals surface area contributed by atoms with Crippen molar-refractivity contribution in [1.29, 1.82) is 0 Å². The number of rotatable bonds is 3. The first-order valence-corrected chi connectivity index (χ1v) is 16.4. The van der Waals surface area contributed by atoms with Crippen LogP contribution < -0.4 is 0 Å². The smallest absolute Gasteiger partial charge is 0.143 e. The molecule has 236 valence electrons. The summed E-state index contributed by atoms with van der Waals surface area (Å²) in [5, 5.41) is 3.56. The van der Waals surface area contributed by atoms with Crippen molar-refractivity contribution in [3.8, 4) is 33.4 Å². The molecule has 0 radical (unpaired) electrons. The van der Waals surface area contributed by atoms with Gasteiger partial charge in [-0.25, -0.2) is 0 Å². The van der Waals surface area contributed by atoms with Crippen LogP contribution in [0, 0.1) is 0 Å². The summed E-state index contributed by atoms with van der Waals surface area (Å²) in [6.45, 7) is 0. The van der Waals surface area contributed by atoms with Gasteiger partial charge in [-0.1, -0.05) is 163 Å². The van der Waals surface area contributed by atoms with Crippen LogP contribution in [-0.2, 0) is 0 Å². The van der Waals surface area contributed by atoms with E-state index in [0.29, 0.717) is 16.5 Å². The molecule has 0 aliphatic heterocycles. The minimum atomic E-state index is -0.757. The van der Waals surface area contributed by atoms with Gasteiger partial charge in [0.1, 0.15) is 11.2 Å². The Labute approximate surface area is 315 Å². The van der Waals surface area contributed by atoms with Crippen molar-refractivity contribution in [2.75, 3.05) is 0 Å². The van der Waals surface area contributed by atoms with Gasteiger partial charge in [-0.2, -0.15) is 0 Å². The molecule has 0 bridgehead atoms. The van der Waals surface area contributed by atoms with Crippen molar-refractivity contribution in [2.24, 2.45) is 0 Å². The maximum Gasteiger partial charge on any atom is 0.143 e. The van der Waals surface area contributed by atoms with Gasteiger partial charge in [0.15, 0.2) is 0 Å². The number of fused-ring (bicyclic) bond motifs is 9. The molecule has 11 aromatic rings. The van der Waals surface area contributed by atoms with Gasteiger partial charge in [0.2, 0.25) is 0 Å². The van der Waals surface area contributed by atoms with Gasteiger partial charge in [-0.05, 0) is 100 Å². The molecule has 0 saturated heterocycles. The summed E-state index contributed by atoms with van der Waals surface area (Å²) in [5.74, 6) is 0. The Bertz CT molecular complexity index is 3970. The Morgan fingerprint density at radius 2 is 1.02 bits per heavy atom. The maximum absolute atomic E-state index is 9.46. The zero-order valence-corrected chi connectivity index (χ0v) is 26.6.